The van der Waals surface area contributed by atoms with Crippen LogP contribution < -0.4 is 10.2 Å². The normalized spacial score (nSPS) is 17.6. The summed E-state index contributed by atoms with van der Waals surface area (Å²) in [6, 6.07) is 9.17. The van der Waals surface area contributed by atoms with E-state index in [2.05, 4.69) is 4.90 Å². The molecule has 3 aromatic rings. The summed E-state index contributed by atoms with van der Waals surface area (Å²) in [5.41, 5.74) is -0.269. The molecule has 1 aromatic heterocycles. The Morgan fingerprint density at radius 2 is 2.00 bits per heavy atom. The number of aryl methyl sites for hydroxylation is 1. The smallest absolute Gasteiger partial charge is 0.453 e. The van der Waals surface area contributed by atoms with Crippen LogP contribution in [0.1, 0.15) is 43.1 Å². The number of halogens is 3. The van der Waals surface area contributed by atoms with Gasteiger partial charge in [-0.05, 0) is 63.1 Å². The van der Waals surface area contributed by atoms with Crippen molar-refractivity contribution in [3.63, 3.8) is 0 Å². The Balaban J connectivity index is 1.88. The lowest BCUT2D eigenvalue weighted by atomic mass is 10.0. The van der Waals surface area contributed by atoms with Crippen LogP contribution in [0.15, 0.2) is 45.6 Å². The van der Waals surface area contributed by atoms with Gasteiger partial charge in [0.05, 0.1) is 10.9 Å². The molecule has 4 rings (SSSR count). The topological polar surface area (TPSA) is 62.9 Å². The fourth-order valence-electron chi connectivity index (χ4n) is 4.11. The molecule has 1 atom stereocenters. The van der Waals surface area contributed by atoms with E-state index in [9.17, 15) is 23.1 Å². The molecule has 32 heavy (non-hydrogen) atoms. The third-order valence-corrected chi connectivity index (χ3v) is 5.87. The van der Waals surface area contributed by atoms with E-state index in [0.717, 1.165) is 31.4 Å². The van der Waals surface area contributed by atoms with Gasteiger partial charge in [-0.15, -0.1) is 0 Å². The van der Waals surface area contributed by atoms with Gasteiger partial charge in [0, 0.05) is 12.6 Å². The summed E-state index contributed by atoms with van der Waals surface area (Å²) in [4.78, 5) is 15.2. The Labute approximate surface area is 183 Å². The number of fused-ring (bicyclic) bond motifs is 1. The molecule has 0 saturated carbocycles. The zero-order chi connectivity index (χ0) is 23.0. The van der Waals surface area contributed by atoms with Crippen molar-refractivity contribution in [3.8, 4) is 17.2 Å². The molecule has 8 heteroatoms. The highest BCUT2D eigenvalue weighted by Gasteiger charge is 2.41. The number of phenols is 1. The van der Waals surface area contributed by atoms with E-state index in [4.69, 9.17) is 9.15 Å². The molecule has 5 nitrogen and oxygen atoms in total. The molecule has 1 N–H and O–H groups in total. The molecule has 1 aliphatic heterocycles. The first-order valence-corrected chi connectivity index (χ1v) is 10.5. The van der Waals surface area contributed by atoms with E-state index >= 15 is 0 Å². The van der Waals surface area contributed by atoms with E-state index in [0.29, 0.717) is 0 Å². The number of ether oxygens (including phenoxy) is 1. The summed E-state index contributed by atoms with van der Waals surface area (Å²) >= 11 is 0. The number of aromatic hydroxyl groups is 1. The lowest BCUT2D eigenvalue weighted by Crippen LogP contribution is -2.36. The average Bonchev–Trinajstić information content (AvgIpc) is 2.72. The lowest BCUT2D eigenvalue weighted by Gasteiger charge is -2.33. The van der Waals surface area contributed by atoms with Crippen molar-refractivity contribution in [1.82, 2.24) is 4.90 Å². The molecule has 1 aliphatic rings. The number of rotatable bonds is 4. The monoisotopic (exact) mass is 447 g/mol. The first kappa shape index (κ1) is 22.2. The van der Waals surface area contributed by atoms with Gasteiger partial charge < -0.3 is 14.3 Å². The highest BCUT2D eigenvalue weighted by molar-refractivity contribution is 5.83. The van der Waals surface area contributed by atoms with E-state index in [1.54, 1.807) is 19.1 Å². The Hall–Kier alpha value is -3.00. The maximum absolute atomic E-state index is 13.9. The van der Waals surface area contributed by atoms with Crippen molar-refractivity contribution < 1.29 is 27.4 Å². The Bertz CT molecular complexity index is 1200. The number of hydrogen-bond acceptors (Lipinski definition) is 5. The molecule has 170 valence electrons. The molecule has 0 radical (unpaired) electrons. The largest absolute Gasteiger partial charge is 0.507 e. The number of phenolic OH excluding ortho intramolecular Hbond substituents is 1. The summed E-state index contributed by atoms with van der Waals surface area (Å²) in [6.45, 7) is 4.73. The maximum atomic E-state index is 13.9. The quantitative estimate of drug-likeness (QED) is 0.532. The summed E-state index contributed by atoms with van der Waals surface area (Å²) in [5.74, 6) is -2.55. The Kier molecular flexibility index (Phi) is 5.90. The van der Waals surface area contributed by atoms with Crippen LogP contribution in [0.5, 0.6) is 17.2 Å². The summed E-state index contributed by atoms with van der Waals surface area (Å²) < 4.78 is 52.4. The Morgan fingerprint density at radius 1 is 1.22 bits per heavy atom. The third-order valence-electron chi connectivity index (χ3n) is 5.87. The van der Waals surface area contributed by atoms with E-state index in [1.807, 2.05) is 6.92 Å². The number of likely N-dealkylation sites (tertiary alicyclic amines) is 1. The molecule has 1 fully saturated rings. The van der Waals surface area contributed by atoms with Gasteiger partial charge in [0.25, 0.3) is 5.76 Å². The molecule has 0 bridgehead atoms. The molecule has 2 aromatic carbocycles. The molecule has 2 heterocycles. The fraction of sp³-hybridized carbons (Fsp3) is 0.375. The molecule has 1 saturated heterocycles. The van der Waals surface area contributed by atoms with Crippen molar-refractivity contribution in [2.75, 3.05) is 6.54 Å². The van der Waals surface area contributed by atoms with E-state index in [-0.39, 0.29) is 40.6 Å². The number of alkyl halides is 3. The predicted octanol–water partition coefficient (Wildman–Crippen LogP) is 5.99. The van der Waals surface area contributed by atoms with Crippen molar-refractivity contribution in [2.45, 2.75) is 51.9 Å². The van der Waals surface area contributed by atoms with Crippen molar-refractivity contribution in [1.29, 1.82) is 0 Å². The number of hydrogen-bond donors (Lipinski definition) is 1. The molecule has 0 aliphatic carbocycles. The molecule has 0 amide bonds. The van der Waals surface area contributed by atoms with Crippen LogP contribution >= 0.6 is 0 Å². The van der Waals surface area contributed by atoms with Gasteiger partial charge >= 0.3 is 6.18 Å². The number of benzene rings is 2. The lowest BCUT2D eigenvalue weighted by molar-refractivity contribution is -0.154. The standard InChI is InChI=1S/C24H24F3NO4/c1-14-6-5-8-16(12-14)31-22-20(30)17-9-10-19(29)18(13-28-11-4-3-7-15(28)2)21(17)32-23(22)24(25,26)27/h5-6,8-10,12,15,29H,3-4,7,11,13H2,1-2H3/t15-/m1/s1. The van der Waals surface area contributed by atoms with Crippen LogP contribution in [0.3, 0.4) is 0 Å². The van der Waals surface area contributed by atoms with Gasteiger partial charge in [0.2, 0.25) is 11.2 Å². The second kappa shape index (κ2) is 8.50. The Morgan fingerprint density at radius 3 is 2.69 bits per heavy atom. The van der Waals surface area contributed by atoms with Crippen molar-refractivity contribution in [3.05, 3.63) is 63.5 Å². The number of piperidine rings is 1. The second-order valence-electron chi connectivity index (χ2n) is 8.26. The van der Waals surface area contributed by atoms with Crippen LogP contribution in [-0.4, -0.2) is 22.6 Å². The van der Waals surface area contributed by atoms with Gasteiger partial charge in [-0.25, -0.2) is 0 Å². The number of nitrogens with zero attached hydrogens (tertiary/aromatic N) is 1. The van der Waals surface area contributed by atoms with E-state index < -0.39 is 23.1 Å². The average molecular weight is 447 g/mol. The van der Waals surface area contributed by atoms with Crippen LogP contribution in [0, 0.1) is 6.92 Å². The van der Waals surface area contributed by atoms with Crippen LogP contribution in [0.2, 0.25) is 0 Å². The van der Waals surface area contributed by atoms with Crippen LogP contribution in [0.4, 0.5) is 13.2 Å². The van der Waals surface area contributed by atoms with Crippen molar-refractivity contribution >= 4 is 11.0 Å². The highest BCUT2D eigenvalue weighted by Crippen LogP contribution is 2.40. The minimum atomic E-state index is -4.96. The van der Waals surface area contributed by atoms with Crippen molar-refractivity contribution in [2.24, 2.45) is 0 Å². The molecular weight excluding hydrogens is 423 g/mol. The second-order valence-corrected chi connectivity index (χ2v) is 8.26. The third kappa shape index (κ3) is 4.32. The van der Waals surface area contributed by atoms with Gasteiger partial charge in [0.15, 0.2) is 0 Å². The van der Waals surface area contributed by atoms with Gasteiger partial charge in [0.1, 0.15) is 17.1 Å². The first-order valence-electron chi connectivity index (χ1n) is 10.5. The fourth-order valence-corrected chi connectivity index (χ4v) is 4.11. The molecular formula is C24H24F3NO4. The van der Waals surface area contributed by atoms with Gasteiger partial charge in [-0.3, -0.25) is 9.69 Å². The summed E-state index contributed by atoms with van der Waals surface area (Å²) in [5, 5.41) is 10.4. The maximum Gasteiger partial charge on any atom is 0.453 e. The molecule has 0 spiro atoms. The van der Waals surface area contributed by atoms with Gasteiger partial charge in [-0.1, -0.05) is 18.6 Å². The van der Waals surface area contributed by atoms with E-state index in [1.165, 1.54) is 24.3 Å². The predicted molar refractivity (Wildman–Crippen MR) is 114 cm³/mol. The molecule has 0 unspecified atom stereocenters. The summed E-state index contributed by atoms with van der Waals surface area (Å²) in [7, 11) is 0. The zero-order valence-electron chi connectivity index (χ0n) is 17.8. The van der Waals surface area contributed by atoms with Gasteiger partial charge in [-0.2, -0.15) is 13.2 Å². The summed E-state index contributed by atoms with van der Waals surface area (Å²) in [6.07, 6.45) is -1.97. The minimum Gasteiger partial charge on any atom is -0.507 e. The van der Waals surface area contributed by atoms with Crippen LogP contribution in [0.25, 0.3) is 11.0 Å². The minimum absolute atomic E-state index is 0.0712. The zero-order valence-corrected chi connectivity index (χ0v) is 17.8. The SMILES string of the molecule is Cc1cccc(Oc2c(C(F)(F)F)oc3c(CN4CCCC[C@H]4C)c(O)ccc3c2=O)c1. The highest BCUT2D eigenvalue weighted by atomic mass is 19.4. The first-order chi connectivity index (χ1) is 15.1. The van der Waals surface area contributed by atoms with Crippen LogP contribution in [-0.2, 0) is 12.7 Å².